The molecule has 0 aliphatic carbocycles. The molecule has 0 spiro atoms. The van der Waals surface area contributed by atoms with E-state index in [-0.39, 0.29) is 12.5 Å². The molecule has 0 saturated carbocycles. The zero-order valence-corrected chi connectivity index (χ0v) is 12.5. The molecule has 1 unspecified atom stereocenters. The van der Waals surface area contributed by atoms with Crippen LogP contribution in [0.25, 0.3) is 0 Å². The minimum Gasteiger partial charge on any atom is -0.481 e. The van der Waals surface area contributed by atoms with Gasteiger partial charge in [-0.2, -0.15) is 0 Å². The van der Waals surface area contributed by atoms with Crippen LogP contribution >= 0.6 is 0 Å². The second-order valence-corrected chi connectivity index (χ2v) is 4.67. The highest BCUT2D eigenvalue weighted by Gasteiger charge is 2.18. The summed E-state index contributed by atoms with van der Waals surface area (Å²) < 4.78 is 0. The minimum atomic E-state index is -0.691. The van der Waals surface area contributed by atoms with Crippen molar-refractivity contribution < 1.29 is 9.90 Å². The summed E-state index contributed by atoms with van der Waals surface area (Å²) in [6.07, 6.45) is 2.28. The molecule has 108 valence electrons. The molecule has 0 rings (SSSR count). The molecule has 0 aliphatic heterocycles. The van der Waals surface area contributed by atoms with Crippen LogP contribution in [0.2, 0.25) is 0 Å². The van der Waals surface area contributed by atoms with Crippen molar-refractivity contribution in [3.63, 3.8) is 0 Å². The molecule has 0 saturated heterocycles. The lowest BCUT2D eigenvalue weighted by Crippen LogP contribution is -2.38. The Morgan fingerprint density at radius 2 is 1.67 bits per heavy atom. The summed E-state index contributed by atoms with van der Waals surface area (Å²) in [7, 11) is 0. The summed E-state index contributed by atoms with van der Waals surface area (Å²) >= 11 is 0. The van der Waals surface area contributed by atoms with Crippen LogP contribution in [0.1, 0.15) is 47.0 Å². The Kier molecular flexibility index (Phi) is 9.98. The van der Waals surface area contributed by atoms with Gasteiger partial charge in [-0.05, 0) is 45.6 Å². The van der Waals surface area contributed by atoms with Gasteiger partial charge in [-0.3, -0.25) is 4.79 Å². The van der Waals surface area contributed by atoms with E-state index in [1.54, 1.807) is 0 Å². The molecule has 0 fully saturated rings. The van der Waals surface area contributed by atoms with E-state index < -0.39 is 5.97 Å². The average molecular weight is 258 g/mol. The molecule has 0 aromatic carbocycles. The number of aliphatic carboxylic acids is 1. The Bertz CT molecular complexity index is 218. The van der Waals surface area contributed by atoms with Gasteiger partial charge in [0.15, 0.2) is 0 Å². The largest absolute Gasteiger partial charge is 0.481 e. The molecule has 4 nitrogen and oxygen atoms in total. The summed E-state index contributed by atoms with van der Waals surface area (Å²) in [6.45, 7) is 13.8. The van der Waals surface area contributed by atoms with Gasteiger partial charge in [0.05, 0.1) is 6.42 Å². The van der Waals surface area contributed by atoms with Crippen LogP contribution in [0.3, 0.4) is 0 Å². The molecule has 0 aromatic heterocycles. The predicted octanol–water partition coefficient (Wildman–Crippen LogP) is 2.29. The summed E-state index contributed by atoms with van der Waals surface area (Å²) in [4.78, 5) is 15.5. The maximum Gasteiger partial charge on any atom is 0.304 e. The van der Waals surface area contributed by atoms with E-state index in [0.29, 0.717) is 0 Å². The van der Waals surface area contributed by atoms with Gasteiger partial charge in [-0.15, -0.1) is 0 Å². The lowest BCUT2D eigenvalue weighted by molar-refractivity contribution is -0.138. The van der Waals surface area contributed by atoms with Gasteiger partial charge >= 0.3 is 5.97 Å². The summed E-state index contributed by atoms with van der Waals surface area (Å²) in [5.41, 5.74) is 0. The quantitative estimate of drug-likeness (QED) is 0.617. The van der Waals surface area contributed by atoms with Gasteiger partial charge in [-0.1, -0.05) is 27.7 Å². The number of carboxylic acid groups (broad SMARTS) is 1. The first kappa shape index (κ1) is 17.4. The van der Waals surface area contributed by atoms with E-state index in [1.807, 2.05) is 0 Å². The molecule has 0 heterocycles. The first-order chi connectivity index (χ1) is 8.58. The fraction of sp³-hybridized carbons (Fsp3) is 0.929. The van der Waals surface area contributed by atoms with Crippen LogP contribution < -0.4 is 0 Å². The fourth-order valence-electron chi connectivity index (χ4n) is 2.37. The summed E-state index contributed by atoms with van der Waals surface area (Å²) in [5, 5.41) is 8.91. The van der Waals surface area contributed by atoms with Crippen molar-refractivity contribution in [2.45, 2.75) is 53.0 Å². The van der Waals surface area contributed by atoms with E-state index in [0.717, 1.165) is 45.6 Å². The SMILES string of the molecule is CCC(CC(=O)O)N(CC)CCCN(CC)CC. The monoisotopic (exact) mass is 258 g/mol. The van der Waals surface area contributed by atoms with Crippen molar-refractivity contribution in [1.82, 2.24) is 9.80 Å². The fourth-order valence-corrected chi connectivity index (χ4v) is 2.37. The molecule has 4 heteroatoms. The van der Waals surface area contributed by atoms with Crippen LogP contribution in [-0.2, 0) is 4.79 Å². The number of hydrogen-bond donors (Lipinski definition) is 1. The Labute approximate surface area is 112 Å². The van der Waals surface area contributed by atoms with Crippen molar-refractivity contribution in [3.05, 3.63) is 0 Å². The van der Waals surface area contributed by atoms with E-state index >= 15 is 0 Å². The molecule has 0 aromatic rings. The highest BCUT2D eigenvalue weighted by atomic mass is 16.4. The Hall–Kier alpha value is -0.610. The molecule has 1 N–H and O–H groups in total. The van der Waals surface area contributed by atoms with Crippen molar-refractivity contribution in [2.75, 3.05) is 32.7 Å². The van der Waals surface area contributed by atoms with Crippen LogP contribution in [0.15, 0.2) is 0 Å². The van der Waals surface area contributed by atoms with Crippen molar-refractivity contribution >= 4 is 5.97 Å². The third-order valence-corrected chi connectivity index (χ3v) is 3.62. The van der Waals surface area contributed by atoms with E-state index in [9.17, 15) is 4.79 Å². The Morgan fingerprint density at radius 3 is 2.06 bits per heavy atom. The maximum absolute atomic E-state index is 10.8. The molecule has 0 bridgehead atoms. The van der Waals surface area contributed by atoms with Gasteiger partial charge in [0, 0.05) is 6.04 Å². The second-order valence-electron chi connectivity index (χ2n) is 4.67. The second kappa shape index (κ2) is 10.3. The lowest BCUT2D eigenvalue weighted by Gasteiger charge is -2.29. The minimum absolute atomic E-state index is 0.184. The maximum atomic E-state index is 10.8. The Morgan fingerprint density at radius 1 is 1.06 bits per heavy atom. The summed E-state index contributed by atoms with van der Waals surface area (Å²) in [6, 6.07) is 0.184. The first-order valence-electron chi connectivity index (χ1n) is 7.27. The third-order valence-electron chi connectivity index (χ3n) is 3.62. The van der Waals surface area contributed by atoms with Gasteiger partial charge in [0.25, 0.3) is 0 Å². The number of nitrogens with zero attached hydrogens (tertiary/aromatic N) is 2. The highest BCUT2D eigenvalue weighted by Crippen LogP contribution is 2.09. The number of carboxylic acids is 1. The average Bonchev–Trinajstić information content (AvgIpc) is 2.36. The van der Waals surface area contributed by atoms with Gasteiger partial charge in [0.1, 0.15) is 0 Å². The van der Waals surface area contributed by atoms with Gasteiger partial charge in [0.2, 0.25) is 0 Å². The number of rotatable bonds is 11. The van der Waals surface area contributed by atoms with Crippen LogP contribution in [0.4, 0.5) is 0 Å². The van der Waals surface area contributed by atoms with E-state index in [2.05, 4.69) is 37.5 Å². The standard InChI is InChI=1S/C14H30N2O2/c1-5-13(12-14(17)18)16(8-4)11-9-10-15(6-2)7-3/h13H,5-12H2,1-4H3,(H,17,18). The molecule has 0 radical (unpaired) electrons. The topological polar surface area (TPSA) is 43.8 Å². The molecule has 0 amide bonds. The smallest absolute Gasteiger partial charge is 0.304 e. The Balaban J connectivity index is 4.11. The van der Waals surface area contributed by atoms with E-state index in [1.165, 1.54) is 0 Å². The van der Waals surface area contributed by atoms with Crippen LogP contribution in [-0.4, -0.2) is 59.6 Å². The van der Waals surface area contributed by atoms with E-state index in [4.69, 9.17) is 5.11 Å². The zero-order valence-electron chi connectivity index (χ0n) is 12.5. The number of carbonyl (C=O) groups is 1. The lowest BCUT2D eigenvalue weighted by atomic mass is 10.1. The number of hydrogen-bond acceptors (Lipinski definition) is 3. The van der Waals surface area contributed by atoms with Gasteiger partial charge < -0.3 is 14.9 Å². The molecular weight excluding hydrogens is 228 g/mol. The molecule has 1 atom stereocenters. The van der Waals surface area contributed by atoms with Crippen molar-refractivity contribution in [3.8, 4) is 0 Å². The third kappa shape index (κ3) is 6.97. The predicted molar refractivity (Wildman–Crippen MR) is 76.0 cm³/mol. The molecule has 0 aliphatic rings. The molecular formula is C14H30N2O2. The zero-order chi connectivity index (χ0) is 14.0. The highest BCUT2D eigenvalue weighted by molar-refractivity contribution is 5.67. The van der Waals surface area contributed by atoms with Crippen molar-refractivity contribution in [2.24, 2.45) is 0 Å². The first-order valence-corrected chi connectivity index (χ1v) is 7.27. The normalized spacial score (nSPS) is 13.2. The van der Waals surface area contributed by atoms with Crippen molar-refractivity contribution in [1.29, 1.82) is 0 Å². The summed E-state index contributed by atoms with van der Waals surface area (Å²) in [5.74, 6) is -0.691. The molecule has 18 heavy (non-hydrogen) atoms. The van der Waals surface area contributed by atoms with Crippen LogP contribution in [0, 0.1) is 0 Å². The van der Waals surface area contributed by atoms with Gasteiger partial charge in [-0.25, -0.2) is 0 Å². The van der Waals surface area contributed by atoms with Crippen LogP contribution in [0.5, 0.6) is 0 Å².